The molecule has 2 aromatic rings. The number of alkyl carbamates (subject to hydrolysis) is 1. The van der Waals surface area contributed by atoms with Crippen LogP contribution in [0.2, 0.25) is 0 Å². The zero-order chi connectivity index (χ0) is 35.2. The van der Waals surface area contributed by atoms with Gasteiger partial charge in [-0.25, -0.2) is 18.0 Å². The highest BCUT2D eigenvalue weighted by Crippen LogP contribution is 2.38. The predicted octanol–water partition coefficient (Wildman–Crippen LogP) is 0.534. The Morgan fingerprint density at radius 1 is 1.02 bits per heavy atom. The molecule has 0 saturated carbocycles. The number of nitrogens with zero attached hydrogens (tertiary/aromatic N) is 1. The smallest absolute Gasteiger partial charge is 0.407 e. The molecule has 258 valence electrons. The second-order valence-electron chi connectivity index (χ2n) is 11.0. The van der Waals surface area contributed by atoms with Crippen LogP contribution in [0.5, 0.6) is 11.5 Å². The molecule has 3 atom stereocenters. The molecule has 0 radical (unpaired) electrons. The Hall–Kier alpha value is -5.16. The number of carbonyl (C=O) groups excluding carboxylic acids is 3. The van der Waals surface area contributed by atoms with Crippen LogP contribution in [0.1, 0.15) is 35.4 Å². The highest BCUT2D eigenvalue weighted by atomic mass is 32.2. The van der Waals surface area contributed by atoms with Gasteiger partial charge >= 0.3 is 18.0 Å². The van der Waals surface area contributed by atoms with E-state index in [1.54, 1.807) is 24.3 Å². The topological polar surface area (TPSA) is 235 Å². The minimum atomic E-state index is -4.21. The average Bonchev–Trinajstić information content (AvgIpc) is 3.05. The number of benzene rings is 2. The summed E-state index contributed by atoms with van der Waals surface area (Å²) in [5.41, 5.74) is 0.297. The van der Waals surface area contributed by atoms with Crippen LogP contribution in [-0.2, 0) is 46.8 Å². The maximum absolute atomic E-state index is 13.8. The van der Waals surface area contributed by atoms with Crippen LogP contribution < -0.4 is 20.1 Å². The van der Waals surface area contributed by atoms with E-state index in [-0.39, 0.29) is 49.3 Å². The third kappa shape index (κ3) is 7.86. The lowest BCUT2D eigenvalue weighted by molar-refractivity contribution is -0.151. The van der Waals surface area contributed by atoms with Crippen LogP contribution in [-0.4, -0.2) is 103 Å². The monoisotopic (exact) mass is 689 g/mol. The van der Waals surface area contributed by atoms with Crippen LogP contribution in [0.3, 0.4) is 0 Å². The third-order valence-electron chi connectivity index (χ3n) is 7.86. The van der Waals surface area contributed by atoms with Crippen molar-refractivity contribution >= 4 is 39.7 Å². The molecular formula is C31H35N3O13S. The van der Waals surface area contributed by atoms with Gasteiger partial charge in [-0.1, -0.05) is 24.3 Å². The third-order valence-corrected chi connectivity index (χ3v) is 9.83. The molecule has 0 aliphatic carbocycles. The summed E-state index contributed by atoms with van der Waals surface area (Å²) in [4.78, 5) is 63.0. The number of hydrogen-bond acceptors (Lipinski definition) is 11. The normalized spacial score (nSPS) is 18.6. The first-order chi connectivity index (χ1) is 22.8. The molecule has 17 heteroatoms. The van der Waals surface area contributed by atoms with Crippen LogP contribution >= 0.6 is 0 Å². The van der Waals surface area contributed by atoms with Gasteiger partial charge in [-0.15, -0.1) is 0 Å². The molecule has 2 aliphatic rings. The van der Waals surface area contributed by atoms with E-state index in [1.807, 2.05) is 0 Å². The van der Waals surface area contributed by atoms with E-state index in [0.29, 0.717) is 16.2 Å². The van der Waals surface area contributed by atoms with Gasteiger partial charge in [-0.05, 0) is 42.2 Å². The van der Waals surface area contributed by atoms with Gasteiger partial charge in [0, 0.05) is 17.7 Å². The van der Waals surface area contributed by atoms with Crippen molar-refractivity contribution in [2.45, 2.75) is 43.2 Å². The average molecular weight is 690 g/mol. The van der Waals surface area contributed by atoms with Crippen molar-refractivity contribution in [2.75, 3.05) is 33.1 Å². The molecule has 2 aromatic carbocycles. The second-order valence-corrected chi connectivity index (χ2v) is 13.1. The predicted molar refractivity (Wildman–Crippen MR) is 166 cm³/mol. The molecule has 0 bridgehead atoms. The van der Waals surface area contributed by atoms with Crippen molar-refractivity contribution in [3.63, 3.8) is 0 Å². The Morgan fingerprint density at radius 2 is 1.71 bits per heavy atom. The van der Waals surface area contributed by atoms with Gasteiger partial charge in [0.2, 0.25) is 5.91 Å². The number of rotatable bonds is 15. The Balaban J connectivity index is 1.51. The Labute approximate surface area is 275 Å². The standard InChI is InChI=1S/C31H35N3O13S/c1-45-20-8-5-17(6-9-20)15-47-31(42)32-11-3-4-21(22-12-18(13-24(36)37)7-10-23(22)46-2)27(38)33-25-28(39)34-26(30(40)41)19(14-35)16-48(43,44)29(25)34/h5-10,12,21,25,29,35H,3-4,11,13-16H2,1-2H3,(H,32,42)(H,33,38)(H,36,37)(H,40,41)/t21?,25-,29-/m0/s1. The molecule has 1 fully saturated rings. The van der Waals surface area contributed by atoms with Crippen LogP contribution in [0.25, 0.3) is 0 Å². The molecule has 2 heterocycles. The minimum Gasteiger partial charge on any atom is -0.497 e. The van der Waals surface area contributed by atoms with Crippen LogP contribution in [0.4, 0.5) is 4.79 Å². The zero-order valence-corrected chi connectivity index (χ0v) is 26.8. The SMILES string of the molecule is COc1ccc(COC(=O)NCCCC(C(=O)N[C@H]2C(=O)N3C(C(=O)O)=C(CO)CS(=O)(=O)[C@@H]23)c2cc(CC(=O)O)ccc2OC)cc1. The summed E-state index contributed by atoms with van der Waals surface area (Å²) in [6, 6.07) is 9.71. The second kappa shape index (κ2) is 15.2. The van der Waals surface area contributed by atoms with Crippen molar-refractivity contribution in [2.24, 2.45) is 0 Å². The van der Waals surface area contributed by atoms with Crippen LogP contribution in [0, 0.1) is 0 Å². The number of nitrogens with one attached hydrogen (secondary N) is 2. The number of ether oxygens (including phenoxy) is 3. The molecule has 48 heavy (non-hydrogen) atoms. The van der Waals surface area contributed by atoms with Gasteiger partial charge in [-0.3, -0.25) is 19.3 Å². The number of methoxy groups -OCH3 is 2. The van der Waals surface area contributed by atoms with E-state index in [9.17, 15) is 47.7 Å². The molecule has 1 unspecified atom stereocenters. The fourth-order valence-corrected chi connectivity index (χ4v) is 7.60. The summed E-state index contributed by atoms with van der Waals surface area (Å²) in [5, 5.41) is 31.8. The van der Waals surface area contributed by atoms with Gasteiger partial charge in [0.15, 0.2) is 15.2 Å². The molecule has 1 saturated heterocycles. The number of amides is 3. The Morgan fingerprint density at radius 3 is 2.31 bits per heavy atom. The van der Waals surface area contributed by atoms with Gasteiger partial charge in [0.25, 0.3) is 5.91 Å². The number of carboxylic acid groups (broad SMARTS) is 2. The number of sulfone groups is 1. The first kappa shape index (κ1) is 35.7. The summed E-state index contributed by atoms with van der Waals surface area (Å²) < 4.78 is 41.8. The lowest BCUT2D eigenvalue weighted by atomic mass is 9.89. The van der Waals surface area contributed by atoms with Crippen molar-refractivity contribution in [1.29, 1.82) is 0 Å². The van der Waals surface area contributed by atoms with Crippen LogP contribution in [0.15, 0.2) is 53.7 Å². The number of carbonyl (C=O) groups is 5. The van der Waals surface area contributed by atoms with E-state index < -0.39 is 75.1 Å². The first-order valence-electron chi connectivity index (χ1n) is 14.6. The highest BCUT2D eigenvalue weighted by Gasteiger charge is 2.60. The number of aliphatic carboxylic acids is 2. The number of aliphatic hydroxyl groups is 1. The van der Waals surface area contributed by atoms with Crippen molar-refractivity contribution < 1.29 is 61.9 Å². The Kier molecular flexibility index (Phi) is 11.3. The fourth-order valence-electron chi connectivity index (χ4n) is 5.58. The number of β-lactam (4-membered cyclic amide) rings is 1. The van der Waals surface area contributed by atoms with E-state index >= 15 is 0 Å². The molecule has 16 nitrogen and oxygen atoms in total. The summed E-state index contributed by atoms with van der Waals surface area (Å²) in [6.45, 7) is -0.859. The zero-order valence-electron chi connectivity index (χ0n) is 26.0. The summed E-state index contributed by atoms with van der Waals surface area (Å²) >= 11 is 0. The van der Waals surface area contributed by atoms with E-state index in [1.165, 1.54) is 32.4 Å². The molecule has 5 N–H and O–H groups in total. The summed E-state index contributed by atoms with van der Waals surface area (Å²) in [5.74, 6) is -5.63. The van der Waals surface area contributed by atoms with E-state index in [2.05, 4.69) is 10.6 Å². The van der Waals surface area contributed by atoms with E-state index in [0.717, 1.165) is 5.56 Å². The molecule has 3 amide bonds. The quantitative estimate of drug-likeness (QED) is 0.127. The minimum absolute atomic E-state index is 0.0104. The highest BCUT2D eigenvalue weighted by molar-refractivity contribution is 7.92. The Bertz CT molecular complexity index is 1720. The van der Waals surface area contributed by atoms with Gasteiger partial charge in [0.05, 0.1) is 38.9 Å². The number of fused-ring (bicyclic) bond motifs is 1. The number of aliphatic hydroxyl groups excluding tert-OH is 1. The first-order valence-corrected chi connectivity index (χ1v) is 16.4. The maximum atomic E-state index is 13.8. The molecule has 0 aromatic heterocycles. The van der Waals surface area contributed by atoms with Crippen molar-refractivity contribution in [3.05, 3.63) is 70.4 Å². The van der Waals surface area contributed by atoms with Gasteiger partial charge < -0.3 is 40.2 Å². The molecule has 2 aliphatic heterocycles. The summed E-state index contributed by atoms with van der Waals surface area (Å²) in [7, 11) is -1.34. The van der Waals surface area contributed by atoms with Crippen molar-refractivity contribution in [3.8, 4) is 11.5 Å². The van der Waals surface area contributed by atoms with Gasteiger partial charge in [0.1, 0.15) is 29.8 Å². The largest absolute Gasteiger partial charge is 0.497 e. The number of hydrogen-bond donors (Lipinski definition) is 5. The summed E-state index contributed by atoms with van der Waals surface area (Å²) in [6.07, 6.45) is -0.893. The van der Waals surface area contributed by atoms with Gasteiger partial charge in [-0.2, -0.15) is 0 Å². The molecule has 4 rings (SSSR count). The fraction of sp³-hybridized carbons (Fsp3) is 0.387. The molecule has 0 spiro atoms. The van der Waals surface area contributed by atoms with Crippen molar-refractivity contribution in [1.82, 2.24) is 15.5 Å². The molecular weight excluding hydrogens is 654 g/mol. The lowest BCUT2D eigenvalue weighted by Gasteiger charge is -2.49. The maximum Gasteiger partial charge on any atom is 0.407 e. The van der Waals surface area contributed by atoms with E-state index in [4.69, 9.17) is 14.2 Å². The lowest BCUT2D eigenvalue weighted by Crippen LogP contribution is -2.75. The number of carboxylic acids is 2.